The highest BCUT2D eigenvalue weighted by atomic mass is 35.5. The highest BCUT2D eigenvalue weighted by Crippen LogP contribution is 2.43. The van der Waals surface area contributed by atoms with Gasteiger partial charge in [0.25, 0.3) is 0 Å². The number of fused-ring (bicyclic) bond motifs is 1. The third-order valence-corrected chi connectivity index (χ3v) is 4.18. The van der Waals surface area contributed by atoms with Crippen molar-refractivity contribution in [2.45, 2.75) is 30.8 Å². The Bertz CT molecular complexity index is 690. The first kappa shape index (κ1) is 15.0. The predicted octanol–water partition coefficient (Wildman–Crippen LogP) is 0.809. The van der Waals surface area contributed by atoms with Crippen molar-refractivity contribution in [2.24, 2.45) is 0 Å². The van der Waals surface area contributed by atoms with Crippen LogP contribution in [0.4, 0.5) is 0 Å². The number of nitrogens with zero attached hydrogens (tertiary/aromatic N) is 2. The van der Waals surface area contributed by atoms with E-state index in [1.54, 1.807) is 6.20 Å². The van der Waals surface area contributed by atoms with Gasteiger partial charge in [-0.3, -0.25) is 0 Å². The Morgan fingerprint density at radius 1 is 1.43 bits per heavy atom. The van der Waals surface area contributed by atoms with Crippen molar-refractivity contribution in [1.29, 1.82) is 0 Å². The average molecular weight is 334 g/mol. The van der Waals surface area contributed by atoms with E-state index >= 15 is 0 Å². The summed E-state index contributed by atoms with van der Waals surface area (Å²) < 4.78 is 5.55. The van der Waals surface area contributed by atoms with E-state index in [1.165, 1.54) is 6.92 Å². The topological polar surface area (TPSA) is 111 Å². The van der Waals surface area contributed by atoms with Gasteiger partial charge in [-0.05, 0) is 18.5 Å². The van der Waals surface area contributed by atoms with E-state index in [0.717, 1.165) is 0 Å². The summed E-state index contributed by atoms with van der Waals surface area (Å²) in [5.41, 5.74) is -0.253. The number of ether oxygens (including phenoxy) is 1. The van der Waals surface area contributed by atoms with E-state index in [1.807, 2.05) is 0 Å². The Kier molecular flexibility index (Phi) is 3.59. The normalized spacial score (nSPS) is 33.0. The first-order valence-corrected chi connectivity index (χ1v) is 6.98. The van der Waals surface area contributed by atoms with Crippen molar-refractivity contribution < 1.29 is 20.1 Å². The molecule has 3 rings (SSSR count). The molecule has 4 atom stereocenters. The second kappa shape index (κ2) is 5.05. The van der Waals surface area contributed by atoms with Crippen molar-refractivity contribution in [2.75, 3.05) is 6.61 Å². The molecule has 4 N–H and O–H groups in total. The van der Waals surface area contributed by atoms with E-state index in [4.69, 9.17) is 27.9 Å². The maximum absolute atomic E-state index is 10.5. The molecule has 1 saturated heterocycles. The number of aromatic nitrogens is 3. The fraction of sp³-hybridized carbons (Fsp3) is 0.500. The molecule has 4 unspecified atom stereocenters. The molecule has 9 heteroatoms. The number of aliphatic hydroxyl groups excluding tert-OH is 2. The molecular formula is C12H13Cl2N3O4. The lowest BCUT2D eigenvalue weighted by molar-refractivity contribution is -0.0641. The summed E-state index contributed by atoms with van der Waals surface area (Å²) in [6.07, 6.45) is -1.44. The zero-order valence-electron chi connectivity index (χ0n) is 10.9. The summed E-state index contributed by atoms with van der Waals surface area (Å²) in [4.78, 5) is 10.8. The molecule has 0 aromatic carbocycles. The number of aliphatic hydroxyl groups is 3. The number of halogens is 2. The monoisotopic (exact) mass is 333 g/mol. The van der Waals surface area contributed by atoms with Crippen LogP contribution in [-0.4, -0.2) is 54.7 Å². The molecule has 21 heavy (non-hydrogen) atoms. The van der Waals surface area contributed by atoms with Gasteiger partial charge in [-0.2, -0.15) is 0 Å². The maximum Gasteiger partial charge on any atom is 0.224 e. The Hall–Kier alpha value is -0.960. The minimum atomic E-state index is -1.59. The molecule has 1 aliphatic heterocycles. The van der Waals surface area contributed by atoms with Gasteiger partial charge in [-0.1, -0.05) is 11.6 Å². The predicted molar refractivity (Wildman–Crippen MR) is 75.2 cm³/mol. The summed E-state index contributed by atoms with van der Waals surface area (Å²) in [5.74, 6) is 0. The van der Waals surface area contributed by atoms with Gasteiger partial charge >= 0.3 is 0 Å². The van der Waals surface area contributed by atoms with Crippen molar-refractivity contribution in [3.8, 4) is 0 Å². The molecule has 2 aromatic rings. The van der Waals surface area contributed by atoms with Crippen LogP contribution < -0.4 is 0 Å². The molecule has 3 heterocycles. The number of aromatic amines is 1. The molecule has 7 nitrogen and oxygen atoms in total. The van der Waals surface area contributed by atoms with Gasteiger partial charge in [0.2, 0.25) is 5.28 Å². The first-order chi connectivity index (χ1) is 9.86. The molecule has 0 spiro atoms. The van der Waals surface area contributed by atoms with Crippen molar-refractivity contribution in [3.63, 3.8) is 0 Å². The van der Waals surface area contributed by atoms with Crippen molar-refractivity contribution in [3.05, 3.63) is 22.2 Å². The van der Waals surface area contributed by atoms with Crippen molar-refractivity contribution in [1.82, 2.24) is 15.0 Å². The van der Waals surface area contributed by atoms with E-state index in [2.05, 4.69) is 15.0 Å². The molecule has 2 aromatic heterocycles. The van der Waals surface area contributed by atoms with Crippen molar-refractivity contribution >= 4 is 34.2 Å². The highest BCUT2D eigenvalue weighted by Gasteiger charge is 2.53. The Morgan fingerprint density at radius 2 is 2.14 bits per heavy atom. The first-order valence-electron chi connectivity index (χ1n) is 6.23. The molecule has 1 aliphatic rings. The maximum atomic E-state index is 10.5. The lowest BCUT2D eigenvalue weighted by Crippen LogP contribution is -2.42. The van der Waals surface area contributed by atoms with Gasteiger partial charge in [-0.15, -0.1) is 0 Å². The smallest absolute Gasteiger partial charge is 0.224 e. The zero-order chi connectivity index (χ0) is 15.4. The Morgan fingerprint density at radius 3 is 2.76 bits per heavy atom. The fourth-order valence-electron chi connectivity index (χ4n) is 2.61. The highest BCUT2D eigenvalue weighted by molar-refractivity contribution is 6.35. The summed E-state index contributed by atoms with van der Waals surface area (Å²) >= 11 is 11.8. The van der Waals surface area contributed by atoms with E-state index < -0.39 is 30.5 Å². The van der Waals surface area contributed by atoms with Crippen LogP contribution in [0.2, 0.25) is 10.4 Å². The average Bonchev–Trinajstić information content (AvgIpc) is 2.91. The number of hydrogen-bond acceptors (Lipinski definition) is 6. The third-order valence-electron chi connectivity index (χ3n) is 3.74. The van der Waals surface area contributed by atoms with Crippen LogP contribution in [0.1, 0.15) is 18.6 Å². The van der Waals surface area contributed by atoms with Gasteiger partial charge in [0.1, 0.15) is 34.9 Å². The minimum absolute atomic E-state index is 0.0368. The quantitative estimate of drug-likeness (QED) is 0.478. The van der Waals surface area contributed by atoms with Crippen LogP contribution in [0.5, 0.6) is 0 Å². The van der Waals surface area contributed by atoms with Gasteiger partial charge in [0.15, 0.2) is 5.15 Å². The second-order valence-corrected chi connectivity index (χ2v) is 5.85. The minimum Gasteiger partial charge on any atom is -0.394 e. The number of rotatable bonds is 2. The molecule has 1 fully saturated rings. The number of hydrogen-bond donors (Lipinski definition) is 4. The van der Waals surface area contributed by atoms with Gasteiger partial charge in [0.05, 0.1) is 6.61 Å². The molecule has 0 bridgehead atoms. The van der Waals surface area contributed by atoms with Crippen LogP contribution in [0.15, 0.2) is 6.20 Å². The summed E-state index contributed by atoms with van der Waals surface area (Å²) in [6, 6.07) is 0. The summed E-state index contributed by atoms with van der Waals surface area (Å²) in [6.45, 7) is 1.02. The lowest BCUT2D eigenvalue weighted by Gasteiger charge is -2.26. The zero-order valence-corrected chi connectivity index (χ0v) is 12.4. The molecule has 0 amide bonds. The Labute approximate surface area is 129 Å². The van der Waals surface area contributed by atoms with Crippen LogP contribution in [0.3, 0.4) is 0 Å². The second-order valence-electron chi connectivity index (χ2n) is 5.16. The van der Waals surface area contributed by atoms with Crippen LogP contribution >= 0.6 is 23.2 Å². The van der Waals surface area contributed by atoms with Gasteiger partial charge in [-0.25, -0.2) is 9.97 Å². The Balaban J connectivity index is 2.13. The fourth-order valence-corrected chi connectivity index (χ4v) is 3.05. The van der Waals surface area contributed by atoms with Gasteiger partial charge in [0, 0.05) is 11.8 Å². The molecule has 0 aliphatic carbocycles. The van der Waals surface area contributed by atoms with E-state index in [9.17, 15) is 15.3 Å². The lowest BCUT2D eigenvalue weighted by atomic mass is 9.89. The molecular weight excluding hydrogens is 321 g/mol. The van der Waals surface area contributed by atoms with Crippen LogP contribution in [0.25, 0.3) is 11.0 Å². The standard InChI is InChI=1S/C12H13Cl2N3O4/c1-12(20)8(19)5(3-18)21-9(12)4-2-15-7-6(4)16-11(14)17-10(7)13/h2,5,8-9,15,18-20H,3H2,1H3. The van der Waals surface area contributed by atoms with Crippen LogP contribution in [0, 0.1) is 0 Å². The molecule has 0 saturated carbocycles. The summed E-state index contributed by atoms with van der Waals surface area (Å²) in [7, 11) is 0. The van der Waals surface area contributed by atoms with Gasteiger partial charge < -0.3 is 25.0 Å². The largest absolute Gasteiger partial charge is 0.394 e. The SMILES string of the molecule is CC1(O)C(c2c[nH]c3c(Cl)nc(Cl)nc23)OC(CO)C1O. The third kappa shape index (κ3) is 2.21. The summed E-state index contributed by atoms with van der Waals surface area (Å²) in [5, 5.41) is 29.8. The van der Waals surface area contributed by atoms with E-state index in [0.29, 0.717) is 16.6 Å². The molecule has 114 valence electrons. The van der Waals surface area contributed by atoms with Crippen LogP contribution in [-0.2, 0) is 4.74 Å². The van der Waals surface area contributed by atoms with E-state index in [-0.39, 0.29) is 10.4 Å². The number of H-pyrrole nitrogens is 1. The molecule has 0 radical (unpaired) electrons. The number of nitrogens with one attached hydrogen (secondary N) is 1.